The minimum atomic E-state index is 0.182. The summed E-state index contributed by atoms with van der Waals surface area (Å²) in [5.41, 5.74) is 1.44. The lowest BCUT2D eigenvalue weighted by Crippen LogP contribution is -1.87. The number of aromatic nitrogens is 1. The molecule has 0 radical (unpaired) electrons. The predicted molar refractivity (Wildman–Crippen MR) is 79.7 cm³/mol. The minimum absolute atomic E-state index is 0.182. The Morgan fingerprint density at radius 1 is 1.00 bits per heavy atom. The number of ether oxygens (including phenoxy) is 1. The Hall–Kier alpha value is -2.26. The first-order valence-corrected chi connectivity index (χ1v) is 6.53. The quantitative estimate of drug-likeness (QED) is 0.742. The van der Waals surface area contributed by atoms with Crippen LogP contribution in [-0.2, 0) is 0 Å². The molecular formula is C16H12ClNO2. The van der Waals surface area contributed by atoms with Gasteiger partial charge in [-0.3, -0.25) is 0 Å². The molecule has 0 spiro atoms. The van der Waals surface area contributed by atoms with Crippen LogP contribution in [0, 0.1) is 6.92 Å². The fourth-order valence-electron chi connectivity index (χ4n) is 1.94. The molecule has 100 valence electrons. The van der Waals surface area contributed by atoms with Crippen LogP contribution < -0.4 is 4.74 Å². The molecule has 3 nitrogen and oxygen atoms in total. The minimum Gasteiger partial charge on any atom is -0.506 e. The SMILES string of the molecule is Cc1nc2ccc(Oc3ccc(Cl)cc3)cc2cc1O. The van der Waals surface area contributed by atoms with Crippen LogP contribution in [0.1, 0.15) is 5.69 Å². The van der Waals surface area contributed by atoms with Gasteiger partial charge in [0.1, 0.15) is 17.2 Å². The van der Waals surface area contributed by atoms with Gasteiger partial charge >= 0.3 is 0 Å². The maximum absolute atomic E-state index is 9.71. The van der Waals surface area contributed by atoms with Crippen LogP contribution in [0.25, 0.3) is 10.9 Å². The number of fused-ring (bicyclic) bond motifs is 1. The second kappa shape index (κ2) is 5.02. The zero-order chi connectivity index (χ0) is 14.1. The fraction of sp³-hybridized carbons (Fsp3) is 0.0625. The van der Waals surface area contributed by atoms with Crippen LogP contribution >= 0.6 is 11.6 Å². The summed E-state index contributed by atoms with van der Waals surface area (Å²) in [7, 11) is 0. The lowest BCUT2D eigenvalue weighted by molar-refractivity contribution is 0.468. The largest absolute Gasteiger partial charge is 0.506 e. The van der Waals surface area contributed by atoms with Gasteiger partial charge in [-0.15, -0.1) is 0 Å². The summed E-state index contributed by atoms with van der Waals surface area (Å²) in [4.78, 5) is 4.31. The summed E-state index contributed by atoms with van der Waals surface area (Å²) in [5.74, 6) is 1.57. The number of aromatic hydroxyl groups is 1. The van der Waals surface area contributed by atoms with Crippen molar-refractivity contribution >= 4 is 22.5 Å². The van der Waals surface area contributed by atoms with E-state index in [0.29, 0.717) is 22.2 Å². The maximum Gasteiger partial charge on any atom is 0.137 e. The van der Waals surface area contributed by atoms with Gasteiger partial charge in [-0.1, -0.05) is 11.6 Å². The average Bonchev–Trinajstić information content (AvgIpc) is 2.43. The summed E-state index contributed by atoms with van der Waals surface area (Å²) in [6, 6.07) is 14.4. The van der Waals surface area contributed by atoms with Gasteiger partial charge in [0.2, 0.25) is 0 Å². The van der Waals surface area contributed by atoms with Crippen molar-refractivity contribution in [1.82, 2.24) is 4.98 Å². The highest BCUT2D eigenvalue weighted by atomic mass is 35.5. The maximum atomic E-state index is 9.71. The number of benzene rings is 2. The second-order valence-electron chi connectivity index (χ2n) is 4.50. The van der Waals surface area contributed by atoms with Crippen molar-refractivity contribution in [3.63, 3.8) is 0 Å². The van der Waals surface area contributed by atoms with Crippen molar-refractivity contribution in [2.45, 2.75) is 6.92 Å². The van der Waals surface area contributed by atoms with Gasteiger partial charge in [0, 0.05) is 10.4 Å². The zero-order valence-electron chi connectivity index (χ0n) is 10.8. The van der Waals surface area contributed by atoms with E-state index in [2.05, 4.69) is 4.98 Å². The molecular weight excluding hydrogens is 274 g/mol. The summed E-state index contributed by atoms with van der Waals surface area (Å²) >= 11 is 5.83. The molecule has 0 atom stereocenters. The smallest absolute Gasteiger partial charge is 0.137 e. The van der Waals surface area contributed by atoms with Crippen LogP contribution in [0.5, 0.6) is 17.2 Å². The Labute approximate surface area is 121 Å². The van der Waals surface area contributed by atoms with Crippen LogP contribution in [-0.4, -0.2) is 10.1 Å². The standard InChI is InChI=1S/C16H12ClNO2/c1-10-16(19)9-11-8-14(6-7-15(11)18-10)20-13-4-2-12(17)3-5-13/h2-9,19H,1H3. The van der Waals surface area contributed by atoms with Crippen molar-refractivity contribution in [2.24, 2.45) is 0 Å². The number of rotatable bonds is 2. The van der Waals surface area contributed by atoms with Gasteiger partial charge in [0.05, 0.1) is 11.2 Å². The van der Waals surface area contributed by atoms with E-state index in [4.69, 9.17) is 16.3 Å². The molecule has 0 saturated carbocycles. The van der Waals surface area contributed by atoms with E-state index in [-0.39, 0.29) is 5.75 Å². The molecule has 0 aliphatic rings. The molecule has 0 aliphatic heterocycles. The number of hydrogen-bond donors (Lipinski definition) is 1. The topological polar surface area (TPSA) is 42.4 Å². The fourth-order valence-corrected chi connectivity index (χ4v) is 2.07. The molecule has 0 amide bonds. The van der Waals surface area contributed by atoms with E-state index in [0.717, 1.165) is 10.9 Å². The number of aryl methyl sites for hydroxylation is 1. The van der Waals surface area contributed by atoms with Crippen LogP contribution in [0.15, 0.2) is 48.5 Å². The van der Waals surface area contributed by atoms with Crippen molar-refractivity contribution in [3.8, 4) is 17.2 Å². The van der Waals surface area contributed by atoms with Crippen molar-refractivity contribution in [1.29, 1.82) is 0 Å². The molecule has 0 fully saturated rings. The Bertz CT molecular complexity index is 769. The van der Waals surface area contributed by atoms with Gasteiger partial charge < -0.3 is 9.84 Å². The number of pyridine rings is 1. The van der Waals surface area contributed by atoms with E-state index < -0.39 is 0 Å². The first-order chi connectivity index (χ1) is 9.61. The number of halogens is 1. The monoisotopic (exact) mass is 285 g/mol. The van der Waals surface area contributed by atoms with Gasteiger partial charge in [-0.2, -0.15) is 0 Å². The molecule has 1 aromatic heterocycles. The van der Waals surface area contributed by atoms with Gasteiger partial charge in [0.15, 0.2) is 0 Å². The summed E-state index contributed by atoms with van der Waals surface area (Å²) in [6.07, 6.45) is 0. The predicted octanol–water partition coefficient (Wildman–Crippen LogP) is 4.69. The Kier molecular flexibility index (Phi) is 3.20. The average molecular weight is 286 g/mol. The third kappa shape index (κ3) is 2.53. The highest BCUT2D eigenvalue weighted by molar-refractivity contribution is 6.30. The summed E-state index contributed by atoms with van der Waals surface area (Å²) < 4.78 is 5.74. The molecule has 0 saturated heterocycles. The normalized spacial score (nSPS) is 10.7. The first-order valence-electron chi connectivity index (χ1n) is 6.15. The molecule has 0 bridgehead atoms. The second-order valence-corrected chi connectivity index (χ2v) is 4.94. The lowest BCUT2D eigenvalue weighted by Gasteiger charge is -2.07. The highest BCUT2D eigenvalue weighted by Gasteiger charge is 2.04. The Balaban J connectivity index is 1.96. The van der Waals surface area contributed by atoms with Crippen LogP contribution in [0.3, 0.4) is 0 Å². The molecule has 0 aliphatic carbocycles. The van der Waals surface area contributed by atoms with Crippen LogP contribution in [0.2, 0.25) is 5.02 Å². The molecule has 20 heavy (non-hydrogen) atoms. The summed E-state index contributed by atoms with van der Waals surface area (Å²) in [5, 5.41) is 11.2. The van der Waals surface area contributed by atoms with Gasteiger partial charge in [-0.05, 0) is 55.5 Å². The molecule has 1 N–H and O–H groups in total. The molecule has 4 heteroatoms. The molecule has 2 aromatic carbocycles. The Morgan fingerprint density at radius 3 is 2.45 bits per heavy atom. The van der Waals surface area contributed by atoms with Gasteiger partial charge in [-0.25, -0.2) is 4.98 Å². The molecule has 1 heterocycles. The van der Waals surface area contributed by atoms with Crippen molar-refractivity contribution in [2.75, 3.05) is 0 Å². The van der Waals surface area contributed by atoms with Crippen molar-refractivity contribution < 1.29 is 9.84 Å². The first kappa shape index (κ1) is 12.8. The number of nitrogens with zero attached hydrogens (tertiary/aromatic N) is 1. The zero-order valence-corrected chi connectivity index (χ0v) is 11.6. The van der Waals surface area contributed by atoms with Crippen LogP contribution in [0.4, 0.5) is 0 Å². The molecule has 0 unspecified atom stereocenters. The van der Waals surface area contributed by atoms with E-state index in [1.54, 1.807) is 37.3 Å². The van der Waals surface area contributed by atoms with E-state index in [1.165, 1.54) is 0 Å². The number of hydrogen-bond acceptors (Lipinski definition) is 3. The molecule has 3 rings (SSSR count). The highest BCUT2D eigenvalue weighted by Crippen LogP contribution is 2.28. The van der Waals surface area contributed by atoms with Crippen molar-refractivity contribution in [3.05, 3.63) is 59.2 Å². The third-order valence-electron chi connectivity index (χ3n) is 3.00. The Morgan fingerprint density at radius 2 is 1.70 bits per heavy atom. The third-order valence-corrected chi connectivity index (χ3v) is 3.25. The van der Waals surface area contributed by atoms with Gasteiger partial charge in [0.25, 0.3) is 0 Å². The lowest BCUT2D eigenvalue weighted by atomic mass is 10.2. The summed E-state index contributed by atoms with van der Waals surface area (Å²) in [6.45, 7) is 1.77. The van der Waals surface area contributed by atoms with E-state index in [1.807, 2.05) is 18.2 Å². The van der Waals surface area contributed by atoms with E-state index in [9.17, 15) is 5.11 Å². The molecule has 3 aromatic rings. The van der Waals surface area contributed by atoms with E-state index >= 15 is 0 Å².